The lowest BCUT2D eigenvalue weighted by Crippen LogP contribution is -2.41. The van der Waals surface area contributed by atoms with Gasteiger partial charge in [0.25, 0.3) is 5.91 Å². The second kappa shape index (κ2) is 4.80. The van der Waals surface area contributed by atoms with Crippen molar-refractivity contribution in [1.82, 2.24) is 10.5 Å². The van der Waals surface area contributed by atoms with Crippen molar-refractivity contribution in [3.8, 4) is 0 Å². The average molecular weight is 252 g/mol. The predicted molar refractivity (Wildman–Crippen MR) is 62.4 cm³/mol. The van der Waals surface area contributed by atoms with Gasteiger partial charge in [-0.1, -0.05) is 18.5 Å². The first kappa shape index (κ1) is 12.6. The summed E-state index contributed by atoms with van der Waals surface area (Å²) < 4.78 is 4.54. The average Bonchev–Trinajstić information content (AvgIpc) is 2.77. The summed E-state index contributed by atoms with van der Waals surface area (Å²) in [5.74, 6) is -1.94. The summed E-state index contributed by atoms with van der Waals surface area (Å²) in [5.41, 5.74) is 0.229. The van der Waals surface area contributed by atoms with Crippen molar-refractivity contribution in [3.05, 3.63) is 17.5 Å². The van der Waals surface area contributed by atoms with Crippen LogP contribution in [0.3, 0.4) is 0 Å². The van der Waals surface area contributed by atoms with E-state index in [1.165, 1.54) is 6.42 Å². The van der Waals surface area contributed by atoms with Crippen LogP contribution in [0.2, 0.25) is 0 Å². The van der Waals surface area contributed by atoms with Gasteiger partial charge in [0.05, 0.1) is 0 Å². The predicted octanol–water partition coefficient (Wildman–Crippen LogP) is 1.68. The van der Waals surface area contributed by atoms with Crippen molar-refractivity contribution in [2.24, 2.45) is 5.41 Å². The van der Waals surface area contributed by atoms with E-state index >= 15 is 0 Å². The van der Waals surface area contributed by atoms with E-state index in [2.05, 4.69) is 21.9 Å². The molecule has 0 spiro atoms. The van der Waals surface area contributed by atoms with Gasteiger partial charge in [0, 0.05) is 12.6 Å². The Bertz CT molecular complexity index is 457. The van der Waals surface area contributed by atoms with Crippen molar-refractivity contribution < 1.29 is 19.2 Å². The molecule has 1 saturated carbocycles. The summed E-state index contributed by atoms with van der Waals surface area (Å²) in [6.07, 6.45) is 4.50. The zero-order valence-corrected chi connectivity index (χ0v) is 10.2. The zero-order valence-electron chi connectivity index (χ0n) is 10.2. The molecule has 1 amide bonds. The second-order valence-electron chi connectivity index (χ2n) is 4.77. The van der Waals surface area contributed by atoms with Crippen molar-refractivity contribution in [2.75, 3.05) is 6.54 Å². The van der Waals surface area contributed by atoms with Crippen LogP contribution in [0.25, 0.3) is 0 Å². The van der Waals surface area contributed by atoms with E-state index in [-0.39, 0.29) is 22.8 Å². The molecule has 0 unspecified atom stereocenters. The first-order chi connectivity index (χ1) is 8.56. The number of nitrogens with zero attached hydrogens (tertiary/aromatic N) is 1. The quantitative estimate of drug-likeness (QED) is 0.831. The maximum atomic E-state index is 11.8. The van der Waals surface area contributed by atoms with Crippen LogP contribution in [0.4, 0.5) is 0 Å². The molecule has 18 heavy (non-hydrogen) atoms. The van der Waals surface area contributed by atoms with E-state index in [0.717, 1.165) is 25.3 Å². The third-order valence-corrected chi connectivity index (χ3v) is 3.74. The Kier molecular flexibility index (Phi) is 3.36. The van der Waals surface area contributed by atoms with Gasteiger partial charge in [-0.2, -0.15) is 0 Å². The Hall–Kier alpha value is -1.85. The van der Waals surface area contributed by atoms with E-state index in [1.54, 1.807) is 0 Å². The van der Waals surface area contributed by atoms with Crippen LogP contribution in [-0.4, -0.2) is 28.7 Å². The van der Waals surface area contributed by atoms with Gasteiger partial charge in [-0.05, 0) is 24.7 Å². The van der Waals surface area contributed by atoms with Crippen LogP contribution in [0.1, 0.15) is 53.7 Å². The molecule has 0 atom stereocenters. The topological polar surface area (TPSA) is 92.4 Å². The zero-order chi connectivity index (χ0) is 13.2. The highest BCUT2D eigenvalue weighted by Crippen LogP contribution is 2.43. The van der Waals surface area contributed by atoms with Crippen LogP contribution in [0, 0.1) is 5.41 Å². The van der Waals surface area contributed by atoms with E-state index in [4.69, 9.17) is 5.11 Å². The van der Waals surface area contributed by atoms with E-state index in [0.29, 0.717) is 6.54 Å². The number of carboxylic acid groups (broad SMARTS) is 1. The minimum Gasteiger partial charge on any atom is -0.475 e. The summed E-state index contributed by atoms with van der Waals surface area (Å²) in [6, 6.07) is 1.14. The molecule has 1 aliphatic carbocycles. The number of nitrogens with one attached hydrogen (secondary N) is 1. The summed E-state index contributed by atoms with van der Waals surface area (Å²) in [7, 11) is 0. The fraction of sp³-hybridized carbons (Fsp3) is 0.583. The maximum absolute atomic E-state index is 11.8. The number of rotatable bonds is 5. The maximum Gasteiger partial charge on any atom is 0.374 e. The van der Waals surface area contributed by atoms with E-state index < -0.39 is 5.97 Å². The monoisotopic (exact) mass is 252 g/mol. The molecule has 0 aliphatic heterocycles. The fourth-order valence-electron chi connectivity index (χ4n) is 2.17. The number of carboxylic acids is 1. The standard InChI is InChI=1S/C12H16N2O4/c1-2-12(4-3-5-12)7-13-10(15)8-6-9(11(16)17)18-14-8/h6H,2-5,7H2,1H3,(H,13,15)(H,16,17). The molecule has 6 heteroatoms. The summed E-state index contributed by atoms with van der Waals surface area (Å²) >= 11 is 0. The van der Waals surface area contributed by atoms with Gasteiger partial charge in [-0.25, -0.2) is 4.79 Å². The molecule has 0 radical (unpaired) electrons. The number of carbonyl (C=O) groups is 2. The highest BCUT2D eigenvalue weighted by atomic mass is 16.5. The first-order valence-electron chi connectivity index (χ1n) is 6.04. The summed E-state index contributed by atoms with van der Waals surface area (Å²) in [4.78, 5) is 22.3. The van der Waals surface area contributed by atoms with Gasteiger partial charge in [0.1, 0.15) is 0 Å². The SMILES string of the molecule is CCC1(CNC(=O)c2cc(C(=O)O)on2)CCC1. The lowest BCUT2D eigenvalue weighted by Gasteiger charge is -2.41. The smallest absolute Gasteiger partial charge is 0.374 e. The number of hydrogen-bond donors (Lipinski definition) is 2. The van der Waals surface area contributed by atoms with Gasteiger partial charge in [-0.15, -0.1) is 0 Å². The molecule has 1 fully saturated rings. The minimum atomic E-state index is -1.23. The molecule has 0 bridgehead atoms. The largest absolute Gasteiger partial charge is 0.475 e. The normalized spacial score (nSPS) is 16.9. The molecule has 6 nitrogen and oxygen atoms in total. The van der Waals surface area contributed by atoms with E-state index in [1.807, 2.05) is 0 Å². The van der Waals surface area contributed by atoms with Crippen LogP contribution < -0.4 is 5.32 Å². The van der Waals surface area contributed by atoms with Gasteiger partial charge in [0.15, 0.2) is 5.69 Å². The van der Waals surface area contributed by atoms with Crippen LogP contribution >= 0.6 is 0 Å². The molecule has 0 saturated heterocycles. The Morgan fingerprint density at radius 1 is 1.56 bits per heavy atom. The van der Waals surface area contributed by atoms with Gasteiger partial charge >= 0.3 is 5.97 Å². The Labute approximate surface area is 104 Å². The van der Waals surface area contributed by atoms with Crippen LogP contribution in [0.5, 0.6) is 0 Å². The van der Waals surface area contributed by atoms with Crippen molar-refractivity contribution in [2.45, 2.75) is 32.6 Å². The molecule has 1 aliphatic rings. The van der Waals surface area contributed by atoms with Gasteiger partial charge in [-0.3, -0.25) is 4.79 Å². The lowest BCUT2D eigenvalue weighted by atomic mass is 9.67. The third kappa shape index (κ3) is 2.37. The van der Waals surface area contributed by atoms with Crippen molar-refractivity contribution in [1.29, 1.82) is 0 Å². The fourth-order valence-corrected chi connectivity index (χ4v) is 2.17. The van der Waals surface area contributed by atoms with Crippen LogP contribution in [0.15, 0.2) is 10.6 Å². The highest BCUT2D eigenvalue weighted by molar-refractivity contribution is 5.94. The summed E-state index contributed by atoms with van der Waals surface area (Å²) in [6.45, 7) is 2.72. The number of hydrogen-bond acceptors (Lipinski definition) is 4. The molecule has 2 rings (SSSR count). The van der Waals surface area contributed by atoms with E-state index in [9.17, 15) is 9.59 Å². The number of aromatic nitrogens is 1. The molecular weight excluding hydrogens is 236 g/mol. The number of amides is 1. The molecule has 2 N–H and O–H groups in total. The first-order valence-corrected chi connectivity index (χ1v) is 6.04. The highest BCUT2D eigenvalue weighted by Gasteiger charge is 2.35. The minimum absolute atomic E-state index is 0.0120. The van der Waals surface area contributed by atoms with Gasteiger partial charge < -0.3 is 14.9 Å². The third-order valence-electron chi connectivity index (χ3n) is 3.74. The molecule has 1 aromatic heterocycles. The number of aromatic carboxylic acids is 1. The Morgan fingerprint density at radius 3 is 2.72 bits per heavy atom. The van der Waals surface area contributed by atoms with Crippen molar-refractivity contribution in [3.63, 3.8) is 0 Å². The summed E-state index contributed by atoms with van der Waals surface area (Å²) in [5, 5.41) is 14.9. The molecule has 98 valence electrons. The second-order valence-corrected chi connectivity index (χ2v) is 4.77. The molecular formula is C12H16N2O4. The van der Waals surface area contributed by atoms with Gasteiger partial charge in [0.2, 0.25) is 5.76 Å². The Morgan fingerprint density at radius 2 is 2.28 bits per heavy atom. The van der Waals surface area contributed by atoms with Crippen molar-refractivity contribution >= 4 is 11.9 Å². The molecule has 1 heterocycles. The lowest BCUT2D eigenvalue weighted by molar-refractivity contribution is 0.0650. The molecule has 0 aromatic carbocycles. The number of carbonyl (C=O) groups excluding carboxylic acids is 1. The molecule has 1 aromatic rings. The van der Waals surface area contributed by atoms with Crippen LogP contribution in [-0.2, 0) is 0 Å². The Balaban J connectivity index is 1.93.